The summed E-state index contributed by atoms with van der Waals surface area (Å²) in [6.07, 6.45) is 2.43. The number of hydrogen-bond donors (Lipinski definition) is 1. The van der Waals surface area contributed by atoms with Gasteiger partial charge in [-0.25, -0.2) is 4.79 Å². The highest BCUT2D eigenvalue weighted by atomic mass is 16.4. The van der Waals surface area contributed by atoms with Crippen LogP contribution in [0, 0.1) is 0 Å². The maximum absolute atomic E-state index is 11.1. The van der Waals surface area contributed by atoms with Crippen molar-refractivity contribution in [1.82, 2.24) is 0 Å². The third-order valence-corrected chi connectivity index (χ3v) is 1.75. The predicted molar refractivity (Wildman–Crippen MR) is 53.1 cm³/mol. The molecule has 0 saturated carbocycles. The predicted octanol–water partition coefficient (Wildman–Crippen LogP) is 1.99. The molecule has 1 N–H and O–H groups in total. The molecule has 0 unspecified atom stereocenters. The van der Waals surface area contributed by atoms with Crippen molar-refractivity contribution >= 4 is 17.8 Å². The van der Waals surface area contributed by atoms with Crippen LogP contribution in [0.2, 0.25) is 0 Å². The number of carboxylic acids is 1. The number of carbonyl (C=O) groups excluding carboxylic acids is 1. The van der Waals surface area contributed by atoms with Gasteiger partial charge in [0.15, 0.2) is 5.78 Å². The zero-order chi connectivity index (χ0) is 10.6. The van der Waals surface area contributed by atoms with Crippen LogP contribution in [0.15, 0.2) is 30.3 Å². The molecule has 1 aromatic carbocycles. The molecule has 0 aliphatic heterocycles. The van der Waals surface area contributed by atoms with Crippen molar-refractivity contribution in [2.75, 3.05) is 0 Å². The van der Waals surface area contributed by atoms with Crippen LogP contribution in [0.3, 0.4) is 0 Å². The first kappa shape index (κ1) is 10.2. The molecule has 14 heavy (non-hydrogen) atoms. The van der Waals surface area contributed by atoms with Gasteiger partial charge in [-0.1, -0.05) is 24.3 Å². The number of aliphatic carboxylic acids is 1. The minimum Gasteiger partial charge on any atom is -0.478 e. The van der Waals surface area contributed by atoms with E-state index in [1.54, 1.807) is 24.3 Å². The summed E-state index contributed by atoms with van der Waals surface area (Å²) in [4.78, 5) is 21.4. The van der Waals surface area contributed by atoms with E-state index in [-0.39, 0.29) is 5.78 Å². The SMILES string of the molecule is CC(=O)c1ccccc1/C=C\C(=O)O. The molecule has 0 heterocycles. The molecule has 0 radical (unpaired) electrons. The molecule has 0 fully saturated rings. The Balaban J connectivity index is 3.07. The molecule has 0 atom stereocenters. The molecule has 0 aromatic heterocycles. The van der Waals surface area contributed by atoms with Crippen LogP contribution >= 0.6 is 0 Å². The van der Waals surface area contributed by atoms with Gasteiger partial charge in [0.2, 0.25) is 0 Å². The first-order chi connectivity index (χ1) is 6.61. The summed E-state index contributed by atoms with van der Waals surface area (Å²) in [6, 6.07) is 6.88. The van der Waals surface area contributed by atoms with Crippen molar-refractivity contribution < 1.29 is 14.7 Å². The van der Waals surface area contributed by atoms with E-state index in [1.165, 1.54) is 13.0 Å². The Hall–Kier alpha value is -1.90. The Morgan fingerprint density at radius 2 is 1.93 bits per heavy atom. The summed E-state index contributed by atoms with van der Waals surface area (Å²) in [6.45, 7) is 1.45. The lowest BCUT2D eigenvalue weighted by Gasteiger charge is -1.99. The van der Waals surface area contributed by atoms with Crippen molar-refractivity contribution in [3.63, 3.8) is 0 Å². The maximum atomic E-state index is 11.1. The number of carbonyl (C=O) groups is 2. The van der Waals surface area contributed by atoms with Crippen LogP contribution in [0.1, 0.15) is 22.8 Å². The molecule has 0 bridgehead atoms. The molecule has 3 nitrogen and oxygen atoms in total. The smallest absolute Gasteiger partial charge is 0.328 e. The highest BCUT2D eigenvalue weighted by molar-refractivity contribution is 5.98. The molecule has 1 aromatic rings. The van der Waals surface area contributed by atoms with Gasteiger partial charge in [0.25, 0.3) is 0 Å². The molecule has 0 amide bonds. The lowest BCUT2D eigenvalue weighted by Crippen LogP contribution is -1.95. The van der Waals surface area contributed by atoms with Gasteiger partial charge in [0.05, 0.1) is 0 Å². The topological polar surface area (TPSA) is 54.4 Å². The minimum absolute atomic E-state index is 0.0735. The Labute approximate surface area is 81.7 Å². The highest BCUT2D eigenvalue weighted by Gasteiger charge is 2.02. The average molecular weight is 190 g/mol. The quantitative estimate of drug-likeness (QED) is 0.585. The highest BCUT2D eigenvalue weighted by Crippen LogP contribution is 2.11. The van der Waals surface area contributed by atoms with E-state index in [4.69, 9.17) is 5.11 Å². The van der Waals surface area contributed by atoms with Gasteiger partial charge in [-0.15, -0.1) is 0 Å². The number of hydrogen-bond acceptors (Lipinski definition) is 2. The van der Waals surface area contributed by atoms with Gasteiger partial charge < -0.3 is 5.11 Å². The van der Waals surface area contributed by atoms with Gasteiger partial charge in [-0.05, 0) is 18.6 Å². The number of Topliss-reactive ketones (excluding diaryl/α,β-unsaturated/α-hetero) is 1. The fraction of sp³-hybridized carbons (Fsp3) is 0.0909. The van der Waals surface area contributed by atoms with Gasteiger partial charge in [-0.3, -0.25) is 4.79 Å². The van der Waals surface area contributed by atoms with Crippen molar-refractivity contribution in [3.05, 3.63) is 41.5 Å². The third kappa shape index (κ3) is 2.55. The molecule has 0 aliphatic rings. The third-order valence-electron chi connectivity index (χ3n) is 1.75. The Bertz CT molecular complexity index is 391. The van der Waals surface area contributed by atoms with Crippen LogP contribution in [-0.4, -0.2) is 16.9 Å². The second kappa shape index (κ2) is 4.37. The summed E-state index contributed by atoms with van der Waals surface area (Å²) in [5, 5.41) is 8.43. The summed E-state index contributed by atoms with van der Waals surface area (Å²) in [5.74, 6) is -1.10. The minimum atomic E-state index is -1.02. The van der Waals surface area contributed by atoms with Crippen molar-refractivity contribution in [2.45, 2.75) is 6.92 Å². The van der Waals surface area contributed by atoms with Crippen LogP contribution in [0.25, 0.3) is 6.08 Å². The zero-order valence-corrected chi connectivity index (χ0v) is 7.73. The fourth-order valence-electron chi connectivity index (χ4n) is 1.12. The number of rotatable bonds is 3. The van der Waals surface area contributed by atoms with E-state index in [1.807, 2.05) is 0 Å². The molecule has 1 rings (SSSR count). The largest absolute Gasteiger partial charge is 0.478 e. The second-order valence-electron chi connectivity index (χ2n) is 2.82. The van der Waals surface area contributed by atoms with E-state index in [2.05, 4.69) is 0 Å². The molecule has 0 saturated heterocycles. The molecule has 72 valence electrons. The summed E-state index contributed by atoms with van der Waals surface area (Å²) >= 11 is 0. The van der Waals surface area contributed by atoms with Gasteiger partial charge in [0, 0.05) is 11.6 Å². The standard InChI is InChI=1S/C11H10O3/c1-8(12)10-5-3-2-4-9(10)6-7-11(13)14/h2-7H,1H3,(H,13,14)/b7-6-. The van der Waals surface area contributed by atoms with Crippen molar-refractivity contribution in [2.24, 2.45) is 0 Å². The Morgan fingerprint density at radius 3 is 2.50 bits per heavy atom. The number of ketones is 1. The van der Waals surface area contributed by atoms with Crippen molar-refractivity contribution in [1.29, 1.82) is 0 Å². The summed E-state index contributed by atoms with van der Waals surface area (Å²) < 4.78 is 0. The second-order valence-corrected chi connectivity index (χ2v) is 2.82. The zero-order valence-electron chi connectivity index (χ0n) is 7.73. The first-order valence-corrected chi connectivity index (χ1v) is 4.12. The van der Waals surface area contributed by atoms with Crippen LogP contribution < -0.4 is 0 Å². The maximum Gasteiger partial charge on any atom is 0.328 e. The van der Waals surface area contributed by atoms with Gasteiger partial charge in [-0.2, -0.15) is 0 Å². The summed E-state index contributed by atoms with van der Waals surface area (Å²) in [5.41, 5.74) is 1.16. The molecular weight excluding hydrogens is 180 g/mol. The molecule has 0 aliphatic carbocycles. The molecular formula is C11H10O3. The summed E-state index contributed by atoms with van der Waals surface area (Å²) in [7, 11) is 0. The van der Waals surface area contributed by atoms with Crippen LogP contribution in [-0.2, 0) is 4.79 Å². The lowest BCUT2D eigenvalue weighted by atomic mass is 10.0. The van der Waals surface area contributed by atoms with E-state index in [0.29, 0.717) is 11.1 Å². The lowest BCUT2D eigenvalue weighted by molar-refractivity contribution is -0.131. The van der Waals surface area contributed by atoms with Crippen molar-refractivity contribution in [3.8, 4) is 0 Å². The Morgan fingerprint density at radius 1 is 1.29 bits per heavy atom. The number of carboxylic acid groups (broad SMARTS) is 1. The van der Waals surface area contributed by atoms with E-state index >= 15 is 0 Å². The van der Waals surface area contributed by atoms with Crippen LogP contribution in [0.5, 0.6) is 0 Å². The fourth-order valence-corrected chi connectivity index (χ4v) is 1.12. The van der Waals surface area contributed by atoms with E-state index in [0.717, 1.165) is 6.08 Å². The Kier molecular flexibility index (Phi) is 3.18. The average Bonchev–Trinajstić information content (AvgIpc) is 2.15. The normalized spacial score (nSPS) is 10.4. The van der Waals surface area contributed by atoms with Gasteiger partial charge >= 0.3 is 5.97 Å². The monoisotopic (exact) mass is 190 g/mol. The molecule has 3 heteroatoms. The van der Waals surface area contributed by atoms with Crippen LogP contribution in [0.4, 0.5) is 0 Å². The van der Waals surface area contributed by atoms with Gasteiger partial charge in [0.1, 0.15) is 0 Å². The first-order valence-electron chi connectivity index (χ1n) is 4.12. The number of benzene rings is 1. The molecule has 0 spiro atoms. The van der Waals surface area contributed by atoms with E-state index < -0.39 is 5.97 Å². The van der Waals surface area contributed by atoms with E-state index in [9.17, 15) is 9.59 Å².